The third-order valence-electron chi connectivity index (χ3n) is 3.33. The smallest absolute Gasteiger partial charge is 0.269 e. The lowest BCUT2D eigenvalue weighted by Crippen LogP contribution is -2.26. The standard InChI is InChI=1S/C14H24N4O2/c15-9-8-12(16)2-1-3-13(17)10-11-4-6-14(7-5-11)18(19)20/h4-7,12-13H,1-3,8-10,15-17H2. The Hall–Kier alpha value is -1.50. The summed E-state index contributed by atoms with van der Waals surface area (Å²) in [6.45, 7) is 0.621. The first-order valence-corrected chi connectivity index (χ1v) is 6.97. The molecule has 1 aromatic rings. The van der Waals surface area contributed by atoms with Crippen molar-refractivity contribution < 1.29 is 4.92 Å². The Morgan fingerprint density at radius 3 is 2.20 bits per heavy atom. The van der Waals surface area contributed by atoms with Crippen LogP contribution in [-0.2, 0) is 6.42 Å². The number of hydrogen-bond donors (Lipinski definition) is 3. The van der Waals surface area contributed by atoms with Gasteiger partial charge in [-0.3, -0.25) is 10.1 Å². The van der Waals surface area contributed by atoms with Crippen molar-refractivity contribution in [2.24, 2.45) is 17.2 Å². The van der Waals surface area contributed by atoms with Crippen molar-refractivity contribution in [1.29, 1.82) is 0 Å². The van der Waals surface area contributed by atoms with Gasteiger partial charge in [-0.25, -0.2) is 0 Å². The zero-order valence-corrected chi connectivity index (χ0v) is 11.7. The van der Waals surface area contributed by atoms with Crippen molar-refractivity contribution >= 4 is 5.69 Å². The molecule has 112 valence electrons. The summed E-state index contributed by atoms with van der Waals surface area (Å²) in [6.07, 6.45) is 4.39. The molecule has 0 aliphatic carbocycles. The van der Waals surface area contributed by atoms with E-state index in [0.29, 0.717) is 6.54 Å². The van der Waals surface area contributed by atoms with E-state index >= 15 is 0 Å². The van der Waals surface area contributed by atoms with E-state index in [1.165, 1.54) is 12.1 Å². The first-order chi connectivity index (χ1) is 9.52. The van der Waals surface area contributed by atoms with E-state index < -0.39 is 4.92 Å². The Balaban J connectivity index is 2.31. The maximum atomic E-state index is 10.6. The van der Waals surface area contributed by atoms with Gasteiger partial charge in [-0.1, -0.05) is 18.6 Å². The summed E-state index contributed by atoms with van der Waals surface area (Å²) in [5.74, 6) is 0. The Morgan fingerprint density at radius 1 is 1.05 bits per heavy atom. The molecule has 0 amide bonds. The summed E-state index contributed by atoms with van der Waals surface area (Å²) >= 11 is 0. The largest absolute Gasteiger partial charge is 0.330 e. The van der Waals surface area contributed by atoms with E-state index in [9.17, 15) is 10.1 Å². The fourth-order valence-corrected chi connectivity index (χ4v) is 2.16. The Morgan fingerprint density at radius 2 is 1.65 bits per heavy atom. The lowest BCUT2D eigenvalue weighted by molar-refractivity contribution is -0.384. The van der Waals surface area contributed by atoms with E-state index in [1.54, 1.807) is 12.1 Å². The van der Waals surface area contributed by atoms with Gasteiger partial charge in [0.1, 0.15) is 0 Å². The number of nitrogens with zero attached hydrogens (tertiary/aromatic N) is 1. The average Bonchev–Trinajstić information content (AvgIpc) is 2.39. The van der Waals surface area contributed by atoms with E-state index in [2.05, 4.69) is 0 Å². The quantitative estimate of drug-likeness (QED) is 0.465. The fourth-order valence-electron chi connectivity index (χ4n) is 2.16. The molecular weight excluding hydrogens is 256 g/mol. The molecule has 0 aromatic heterocycles. The molecule has 2 atom stereocenters. The van der Waals surface area contributed by atoms with Crippen LogP contribution in [0, 0.1) is 10.1 Å². The molecule has 1 rings (SSSR count). The molecule has 0 fully saturated rings. The number of nitro groups is 1. The van der Waals surface area contributed by atoms with Crippen molar-refractivity contribution in [3.05, 3.63) is 39.9 Å². The minimum absolute atomic E-state index is 0.0570. The molecule has 0 heterocycles. The first-order valence-electron chi connectivity index (χ1n) is 6.97. The molecule has 0 saturated heterocycles. The molecule has 2 unspecified atom stereocenters. The van der Waals surface area contributed by atoms with Crippen molar-refractivity contribution in [3.63, 3.8) is 0 Å². The Bertz CT molecular complexity index is 408. The number of nitrogens with two attached hydrogens (primary N) is 3. The highest BCUT2D eigenvalue weighted by atomic mass is 16.6. The average molecular weight is 280 g/mol. The third-order valence-corrected chi connectivity index (χ3v) is 3.33. The highest BCUT2D eigenvalue weighted by Crippen LogP contribution is 2.14. The normalized spacial score (nSPS) is 13.9. The SMILES string of the molecule is NCCC(N)CCCC(N)Cc1ccc([N+](=O)[O-])cc1. The van der Waals surface area contributed by atoms with Crippen LogP contribution in [0.15, 0.2) is 24.3 Å². The maximum absolute atomic E-state index is 10.6. The molecule has 6 heteroatoms. The zero-order valence-electron chi connectivity index (χ0n) is 11.7. The van der Waals surface area contributed by atoms with Crippen LogP contribution in [0.1, 0.15) is 31.2 Å². The minimum atomic E-state index is -0.400. The minimum Gasteiger partial charge on any atom is -0.330 e. The third kappa shape index (κ3) is 6.10. The molecule has 0 spiro atoms. The second-order valence-corrected chi connectivity index (χ2v) is 5.16. The summed E-state index contributed by atoms with van der Waals surface area (Å²) in [5.41, 5.74) is 18.5. The molecule has 0 bridgehead atoms. The number of hydrogen-bond acceptors (Lipinski definition) is 5. The summed E-state index contributed by atoms with van der Waals surface area (Å²) < 4.78 is 0. The van der Waals surface area contributed by atoms with Gasteiger partial charge in [0.25, 0.3) is 5.69 Å². The van der Waals surface area contributed by atoms with E-state index in [4.69, 9.17) is 17.2 Å². The van der Waals surface area contributed by atoms with Gasteiger partial charge in [0.2, 0.25) is 0 Å². The van der Waals surface area contributed by atoms with Crippen LogP contribution in [-0.4, -0.2) is 23.6 Å². The molecule has 0 aliphatic rings. The lowest BCUT2D eigenvalue weighted by Gasteiger charge is -2.14. The van der Waals surface area contributed by atoms with Crippen LogP contribution >= 0.6 is 0 Å². The van der Waals surface area contributed by atoms with Gasteiger partial charge in [0, 0.05) is 24.2 Å². The van der Waals surface area contributed by atoms with Crippen LogP contribution in [0.3, 0.4) is 0 Å². The maximum Gasteiger partial charge on any atom is 0.269 e. The van der Waals surface area contributed by atoms with Crippen LogP contribution in [0.25, 0.3) is 0 Å². The highest BCUT2D eigenvalue weighted by Gasteiger charge is 2.08. The van der Waals surface area contributed by atoms with Gasteiger partial charge in [-0.2, -0.15) is 0 Å². The molecule has 20 heavy (non-hydrogen) atoms. The summed E-state index contributed by atoms with van der Waals surface area (Å²) in [7, 11) is 0. The van der Waals surface area contributed by atoms with Gasteiger partial charge < -0.3 is 17.2 Å². The first kappa shape index (κ1) is 16.6. The van der Waals surface area contributed by atoms with Gasteiger partial charge >= 0.3 is 0 Å². The zero-order chi connectivity index (χ0) is 15.0. The molecule has 6 nitrogen and oxygen atoms in total. The second kappa shape index (κ2) is 8.63. The van der Waals surface area contributed by atoms with Crippen molar-refractivity contribution in [3.8, 4) is 0 Å². The van der Waals surface area contributed by atoms with E-state index in [0.717, 1.165) is 37.7 Å². The number of rotatable bonds is 9. The van der Waals surface area contributed by atoms with Gasteiger partial charge in [-0.05, 0) is 37.8 Å². The van der Waals surface area contributed by atoms with Crippen molar-refractivity contribution in [2.45, 2.75) is 44.2 Å². The topological polar surface area (TPSA) is 121 Å². The molecule has 0 radical (unpaired) electrons. The van der Waals surface area contributed by atoms with Crippen LogP contribution in [0.2, 0.25) is 0 Å². The summed E-state index contributed by atoms with van der Waals surface area (Å²) in [6, 6.07) is 6.77. The Labute approximate surface area is 119 Å². The van der Waals surface area contributed by atoms with Crippen molar-refractivity contribution in [2.75, 3.05) is 6.54 Å². The van der Waals surface area contributed by atoms with E-state index in [1.807, 2.05) is 0 Å². The van der Waals surface area contributed by atoms with Crippen LogP contribution < -0.4 is 17.2 Å². The summed E-state index contributed by atoms with van der Waals surface area (Å²) in [5, 5.41) is 10.6. The Kier molecular flexibility index (Phi) is 7.14. The van der Waals surface area contributed by atoms with E-state index in [-0.39, 0.29) is 17.8 Å². The lowest BCUT2D eigenvalue weighted by atomic mass is 9.99. The number of benzene rings is 1. The molecule has 6 N–H and O–H groups in total. The predicted molar refractivity (Wildman–Crippen MR) is 80.3 cm³/mol. The monoisotopic (exact) mass is 280 g/mol. The molecule has 1 aromatic carbocycles. The molecule has 0 aliphatic heterocycles. The van der Waals surface area contributed by atoms with Crippen molar-refractivity contribution in [1.82, 2.24) is 0 Å². The predicted octanol–water partition coefficient (Wildman–Crippen LogP) is 1.31. The highest BCUT2D eigenvalue weighted by molar-refractivity contribution is 5.33. The second-order valence-electron chi connectivity index (χ2n) is 5.16. The number of non-ortho nitro benzene ring substituents is 1. The fraction of sp³-hybridized carbons (Fsp3) is 0.571. The van der Waals surface area contributed by atoms with Gasteiger partial charge in [0.15, 0.2) is 0 Å². The van der Waals surface area contributed by atoms with Gasteiger partial charge in [-0.15, -0.1) is 0 Å². The van der Waals surface area contributed by atoms with Crippen LogP contribution in [0.4, 0.5) is 5.69 Å². The number of nitro benzene ring substituents is 1. The summed E-state index contributed by atoms with van der Waals surface area (Å²) in [4.78, 5) is 10.2. The molecule has 0 saturated carbocycles. The van der Waals surface area contributed by atoms with Gasteiger partial charge in [0.05, 0.1) is 4.92 Å². The molecular formula is C14H24N4O2. The van der Waals surface area contributed by atoms with Crippen LogP contribution in [0.5, 0.6) is 0 Å².